The van der Waals surface area contributed by atoms with E-state index in [1.54, 1.807) is 20.8 Å². The van der Waals surface area contributed by atoms with Gasteiger partial charge in [0.2, 0.25) is 23.6 Å². The SMILES string of the molecule is C#CCOCCOCCNC(=O)CCC(CCC(=O)NCCOCCOCC#C)(CCC(=O)NCCOCCOCC#C)NC(=O)C12CC(OP(=O)([O-])C(C)(C)C)(C1)C2. The highest BCUT2D eigenvalue weighted by Crippen LogP contribution is 2.74. The normalized spacial score (nSPS) is 19.1. The third kappa shape index (κ3) is 19.2. The highest BCUT2D eigenvalue weighted by Gasteiger charge is 2.74. The predicted octanol–water partition coefficient (Wildman–Crippen LogP) is 0.821. The first kappa shape index (κ1) is 51.6. The molecule has 17 nitrogen and oxygen atoms in total. The average molecular weight is 852 g/mol. The van der Waals surface area contributed by atoms with E-state index in [4.69, 9.17) is 52.2 Å². The van der Waals surface area contributed by atoms with Crippen LogP contribution in [0.15, 0.2) is 0 Å². The molecule has 1 unspecified atom stereocenters. The lowest BCUT2D eigenvalue weighted by molar-refractivity contribution is -0.276. The molecule has 3 fully saturated rings. The molecule has 0 spiro atoms. The van der Waals surface area contributed by atoms with Gasteiger partial charge < -0.3 is 63.7 Å². The highest BCUT2D eigenvalue weighted by atomic mass is 31.2. The standard InChI is InChI=1S/C41H65N4O13P/c1-7-19-52-25-28-55-22-16-42-34(46)10-13-40(14-11-35(47)43-17-23-56-29-26-53-20-8-2,15-12-36(48)44-18-24-57-30-27-54-21-9-3)45-37(49)39-31-41(32-39,33-39)58-59(50,51)38(4,5)6/h1-3H,10-33H2,4-6H3,(H,42,46)(H,43,47)(H,44,48)(H,45,49)(H,50,51)/p-1. The minimum Gasteiger partial charge on any atom is -0.778 e. The lowest BCUT2D eigenvalue weighted by Crippen LogP contribution is -2.74. The molecule has 332 valence electrons. The Balaban J connectivity index is 2.14. The zero-order chi connectivity index (χ0) is 43.7. The number of amides is 4. The molecule has 3 rings (SSSR count). The van der Waals surface area contributed by atoms with E-state index < -0.39 is 29.3 Å². The lowest BCUT2D eigenvalue weighted by Gasteiger charge is -2.70. The van der Waals surface area contributed by atoms with Gasteiger partial charge in [0.1, 0.15) is 27.4 Å². The van der Waals surface area contributed by atoms with Gasteiger partial charge >= 0.3 is 0 Å². The van der Waals surface area contributed by atoms with Gasteiger partial charge in [-0.15, -0.1) is 19.3 Å². The number of rotatable bonds is 34. The summed E-state index contributed by atoms with van der Waals surface area (Å²) in [5.41, 5.74) is -2.99. The van der Waals surface area contributed by atoms with Crippen LogP contribution in [0.4, 0.5) is 0 Å². The molecule has 0 aromatic rings. The topological polar surface area (TPSA) is 221 Å². The van der Waals surface area contributed by atoms with Gasteiger partial charge in [0.25, 0.3) is 0 Å². The Kier molecular flexibility index (Phi) is 23.3. The summed E-state index contributed by atoms with van der Waals surface area (Å²) in [6.07, 6.45) is 16.3. The number of hydrogen-bond acceptors (Lipinski definition) is 13. The van der Waals surface area contributed by atoms with Gasteiger partial charge in [-0.25, -0.2) is 0 Å². The van der Waals surface area contributed by atoms with Gasteiger partial charge in [0, 0.05) is 49.6 Å². The van der Waals surface area contributed by atoms with E-state index in [1.807, 2.05) is 0 Å². The number of ether oxygens (including phenoxy) is 6. The van der Waals surface area contributed by atoms with E-state index in [0.29, 0.717) is 39.6 Å². The number of hydrogen-bond donors (Lipinski definition) is 4. The van der Waals surface area contributed by atoms with Crippen molar-refractivity contribution < 1.29 is 61.6 Å². The Morgan fingerprint density at radius 1 is 0.610 bits per heavy atom. The van der Waals surface area contributed by atoms with E-state index in [2.05, 4.69) is 39.0 Å². The minimum absolute atomic E-state index is 0.0367. The summed E-state index contributed by atoms with van der Waals surface area (Å²) in [7, 11) is -4.24. The fourth-order valence-corrected chi connectivity index (χ4v) is 7.50. The first-order valence-corrected chi connectivity index (χ1v) is 21.5. The average Bonchev–Trinajstić information content (AvgIpc) is 3.15. The van der Waals surface area contributed by atoms with Gasteiger partial charge in [-0.3, -0.25) is 19.2 Å². The molecule has 0 radical (unpaired) electrons. The van der Waals surface area contributed by atoms with Crippen LogP contribution in [0.5, 0.6) is 0 Å². The van der Waals surface area contributed by atoms with E-state index in [1.165, 1.54) is 0 Å². The third-order valence-corrected chi connectivity index (χ3v) is 12.1. The molecule has 18 heteroatoms. The largest absolute Gasteiger partial charge is 0.778 e. The number of carbonyl (C=O) groups is 4. The second kappa shape index (κ2) is 26.6. The zero-order valence-corrected chi connectivity index (χ0v) is 35.9. The fourth-order valence-electron chi connectivity index (χ4n) is 6.52. The van der Waals surface area contributed by atoms with Crippen molar-refractivity contribution in [2.45, 2.75) is 94.9 Å². The summed E-state index contributed by atoms with van der Waals surface area (Å²) in [6.45, 7) is 8.39. The van der Waals surface area contributed by atoms with E-state index in [-0.39, 0.29) is 141 Å². The van der Waals surface area contributed by atoms with Crippen LogP contribution in [0.25, 0.3) is 0 Å². The minimum atomic E-state index is -4.24. The molecule has 3 aliphatic rings. The molecule has 0 aromatic heterocycles. The Bertz CT molecular complexity index is 1380. The summed E-state index contributed by atoms with van der Waals surface area (Å²) >= 11 is 0. The van der Waals surface area contributed by atoms with Gasteiger partial charge in [-0.1, -0.05) is 38.5 Å². The molecule has 0 aliphatic heterocycles. The quantitative estimate of drug-likeness (QED) is 0.0401. The molecule has 0 heterocycles. The number of carbonyl (C=O) groups excluding carboxylic acids is 4. The second-order valence-corrected chi connectivity index (χ2v) is 18.2. The second-order valence-electron chi connectivity index (χ2n) is 15.6. The summed E-state index contributed by atoms with van der Waals surface area (Å²) in [6, 6.07) is 0. The van der Waals surface area contributed by atoms with Crippen LogP contribution in [0.3, 0.4) is 0 Å². The van der Waals surface area contributed by atoms with Gasteiger partial charge in [0.15, 0.2) is 0 Å². The monoisotopic (exact) mass is 851 g/mol. The summed E-state index contributed by atoms with van der Waals surface area (Å²) in [5.74, 6) is 5.80. The van der Waals surface area contributed by atoms with E-state index in [9.17, 15) is 28.6 Å². The van der Waals surface area contributed by atoms with E-state index in [0.717, 1.165) is 0 Å². The number of terminal acetylenes is 3. The van der Waals surface area contributed by atoms with Gasteiger partial charge in [-0.2, -0.15) is 0 Å². The molecule has 4 N–H and O–H groups in total. The first-order chi connectivity index (χ1) is 28.1. The molecule has 3 saturated carbocycles. The van der Waals surface area contributed by atoms with Crippen LogP contribution in [0.1, 0.15) is 78.6 Å². The van der Waals surface area contributed by atoms with Crippen molar-refractivity contribution in [1.82, 2.24) is 21.3 Å². The molecule has 3 aliphatic carbocycles. The lowest BCUT2D eigenvalue weighted by atomic mass is 9.41. The molecule has 0 saturated heterocycles. The molecule has 4 amide bonds. The van der Waals surface area contributed by atoms with Gasteiger partial charge in [-0.05, 0) is 38.5 Å². The van der Waals surface area contributed by atoms with E-state index >= 15 is 0 Å². The van der Waals surface area contributed by atoms with Crippen molar-refractivity contribution in [3.63, 3.8) is 0 Å². The Morgan fingerprint density at radius 3 is 1.27 bits per heavy atom. The maximum absolute atomic E-state index is 14.1. The van der Waals surface area contributed by atoms with Crippen molar-refractivity contribution in [2.75, 3.05) is 98.9 Å². The van der Waals surface area contributed by atoms with Crippen molar-refractivity contribution in [2.24, 2.45) is 5.41 Å². The number of nitrogens with one attached hydrogen (secondary N) is 4. The van der Waals surface area contributed by atoms with Crippen molar-refractivity contribution in [3.8, 4) is 37.0 Å². The van der Waals surface area contributed by atoms with Crippen LogP contribution < -0.4 is 26.2 Å². The molecule has 2 bridgehead atoms. The third-order valence-electron chi connectivity index (χ3n) is 9.85. The molecule has 0 aromatic carbocycles. The Morgan fingerprint density at radius 2 is 0.949 bits per heavy atom. The van der Waals surface area contributed by atoms with Crippen LogP contribution in [0.2, 0.25) is 0 Å². The van der Waals surface area contributed by atoms with Crippen molar-refractivity contribution in [1.29, 1.82) is 0 Å². The molecular weight excluding hydrogens is 787 g/mol. The maximum Gasteiger partial charge on any atom is 0.226 e. The summed E-state index contributed by atoms with van der Waals surface area (Å²) in [5, 5.41) is 10.5. The van der Waals surface area contributed by atoms with Crippen LogP contribution in [0, 0.1) is 42.4 Å². The highest BCUT2D eigenvalue weighted by molar-refractivity contribution is 7.53. The Labute approximate surface area is 349 Å². The van der Waals surface area contributed by atoms with Crippen molar-refractivity contribution in [3.05, 3.63) is 0 Å². The predicted molar refractivity (Wildman–Crippen MR) is 216 cm³/mol. The first-order valence-electron chi connectivity index (χ1n) is 20.0. The molecule has 1 atom stereocenters. The smallest absolute Gasteiger partial charge is 0.226 e. The van der Waals surface area contributed by atoms with Crippen LogP contribution in [-0.4, -0.2) is 139 Å². The van der Waals surface area contributed by atoms with Crippen molar-refractivity contribution >= 4 is 31.2 Å². The maximum atomic E-state index is 14.1. The van der Waals surface area contributed by atoms with Crippen LogP contribution >= 0.6 is 7.60 Å². The Hall–Kier alpha value is -3.53. The van der Waals surface area contributed by atoms with Crippen LogP contribution in [-0.2, 0) is 56.7 Å². The summed E-state index contributed by atoms with van der Waals surface area (Å²) in [4.78, 5) is 66.3. The zero-order valence-electron chi connectivity index (χ0n) is 35.0. The molecule has 59 heavy (non-hydrogen) atoms. The fraction of sp³-hybridized carbons (Fsp3) is 0.756. The van der Waals surface area contributed by atoms with Gasteiger partial charge in [0.05, 0.1) is 70.5 Å². The molecular formula is C41H64N4O13P-. The summed E-state index contributed by atoms with van der Waals surface area (Å²) < 4.78 is 50.4.